The van der Waals surface area contributed by atoms with E-state index in [2.05, 4.69) is 15.5 Å². The minimum absolute atomic E-state index is 0. The maximum atomic E-state index is 11.5. The van der Waals surface area contributed by atoms with Gasteiger partial charge in [-0.2, -0.15) is 0 Å². The average Bonchev–Trinajstić information content (AvgIpc) is 2.49. The second kappa shape index (κ2) is 5.99. The van der Waals surface area contributed by atoms with Gasteiger partial charge in [-0.1, -0.05) is 25.2 Å². The van der Waals surface area contributed by atoms with Gasteiger partial charge in [0.05, 0.1) is 6.04 Å². The molecule has 5 nitrogen and oxygen atoms in total. The molecular formula is C8H15ClN4OS. The van der Waals surface area contributed by atoms with Crippen molar-refractivity contribution in [3.05, 3.63) is 5.01 Å². The fourth-order valence-corrected chi connectivity index (χ4v) is 1.43. The molecule has 0 aliphatic heterocycles. The maximum Gasteiger partial charge on any atom is 0.243 e. The van der Waals surface area contributed by atoms with Crippen LogP contribution in [0.1, 0.15) is 18.9 Å². The largest absolute Gasteiger partial charge is 0.320 e. The highest BCUT2D eigenvalue weighted by Gasteiger charge is 2.18. The normalized spacial score (nSPS) is 12.1. The van der Waals surface area contributed by atoms with E-state index in [-0.39, 0.29) is 24.2 Å². The molecule has 0 aliphatic carbocycles. The number of rotatable bonds is 3. The molecule has 0 fully saturated rings. The first-order chi connectivity index (χ1) is 6.50. The summed E-state index contributed by atoms with van der Waals surface area (Å²) in [6, 6.07) is -0.501. The van der Waals surface area contributed by atoms with Gasteiger partial charge in [0, 0.05) is 0 Å². The summed E-state index contributed by atoms with van der Waals surface area (Å²) in [4.78, 5) is 11.5. The van der Waals surface area contributed by atoms with Gasteiger partial charge in [0.1, 0.15) is 5.01 Å². The van der Waals surface area contributed by atoms with Crippen molar-refractivity contribution in [1.82, 2.24) is 10.2 Å². The fraction of sp³-hybridized carbons (Fsp3) is 0.625. The van der Waals surface area contributed by atoms with Gasteiger partial charge in [0.2, 0.25) is 11.0 Å². The lowest BCUT2D eigenvalue weighted by Gasteiger charge is -2.13. The quantitative estimate of drug-likeness (QED) is 0.845. The van der Waals surface area contributed by atoms with Crippen LogP contribution in [0.3, 0.4) is 0 Å². The second-order valence-corrected chi connectivity index (χ2v) is 4.57. The smallest absolute Gasteiger partial charge is 0.243 e. The minimum atomic E-state index is -0.501. The molecule has 0 radical (unpaired) electrons. The Morgan fingerprint density at radius 3 is 2.47 bits per heavy atom. The van der Waals surface area contributed by atoms with Gasteiger partial charge in [-0.3, -0.25) is 10.1 Å². The zero-order chi connectivity index (χ0) is 10.7. The van der Waals surface area contributed by atoms with Gasteiger partial charge < -0.3 is 5.73 Å². The molecule has 1 amide bonds. The number of nitrogens with zero attached hydrogens (tertiary/aromatic N) is 2. The molecule has 3 N–H and O–H groups in total. The predicted octanol–water partition coefficient (Wildman–Crippen LogP) is 1.19. The molecule has 0 unspecified atom stereocenters. The zero-order valence-electron chi connectivity index (χ0n) is 8.85. The van der Waals surface area contributed by atoms with E-state index < -0.39 is 6.04 Å². The number of aryl methyl sites for hydroxylation is 1. The highest BCUT2D eigenvalue weighted by Crippen LogP contribution is 2.14. The highest BCUT2D eigenvalue weighted by atomic mass is 35.5. The van der Waals surface area contributed by atoms with Crippen LogP contribution in [0, 0.1) is 12.8 Å². The molecule has 1 atom stereocenters. The lowest BCUT2D eigenvalue weighted by atomic mass is 10.1. The standard InChI is InChI=1S/C8H14N4OS.ClH/c1-4(2)6(9)7(13)10-8-12-11-5(3)14-8;/h4,6H,9H2,1-3H3,(H,10,12,13);1H/t6-;/m1./s1. The Morgan fingerprint density at radius 1 is 1.47 bits per heavy atom. The van der Waals surface area contributed by atoms with Crippen LogP contribution in [0.25, 0.3) is 0 Å². The van der Waals surface area contributed by atoms with Crippen molar-refractivity contribution < 1.29 is 4.79 Å². The molecule has 0 aromatic carbocycles. The van der Waals surface area contributed by atoms with Gasteiger partial charge in [0.15, 0.2) is 0 Å². The first kappa shape index (κ1) is 14.3. The Balaban J connectivity index is 0.00000196. The van der Waals surface area contributed by atoms with Crippen molar-refractivity contribution in [3.63, 3.8) is 0 Å². The fourth-order valence-electron chi connectivity index (χ4n) is 0.839. The van der Waals surface area contributed by atoms with Crippen LogP contribution in [0.2, 0.25) is 0 Å². The van der Waals surface area contributed by atoms with Crippen molar-refractivity contribution >= 4 is 34.8 Å². The van der Waals surface area contributed by atoms with E-state index in [0.717, 1.165) is 5.01 Å². The van der Waals surface area contributed by atoms with Crippen LogP contribution in [0.5, 0.6) is 0 Å². The molecule has 86 valence electrons. The number of anilines is 1. The molecule has 1 aromatic rings. The summed E-state index contributed by atoms with van der Waals surface area (Å²) in [6.07, 6.45) is 0. The Bertz CT molecular complexity index is 328. The summed E-state index contributed by atoms with van der Waals surface area (Å²) in [7, 11) is 0. The third-order valence-corrected chi connectivity index (χ3v) is 2.53. The van der Waals surface area contributed by atoms with Gasteiger partial charge in [-0.25, -0.2) is 0 Å². The van der Waals surface area contributed by atoms with E-state index in [1.165, 1.54) is 11.3 Å². The summed E-state index contributed by atoms with van der Waals surface area (Å²) in [5.74, 6) is -0.0971. The Labute approximate surface area is 98.9 Å². The van der Waals surface area contributed by atoms with E-state index in [1.54, 1.807) is 0 Å². The van der Waals surface area contributed by atoms with Gasteiger partial charge >= 0.3 is 0 Å². The van der Waals surface area contributed by atoms with Crippen molar-refractivity contribution in [2.75, 3.05) is 5.32 Å². The number of hydrogen-bond acceptors (Lipinski definition) is 5. The highest BCUT2D eigenvalue weighted by molar-refractivity contribution is 7.15. The van der Waals surface area contributed by atoms with Gasteiger partial charge in [0.25, 0.3) is 0 Å². The number of nitrogens with two attached hydrogens (primary N) is 1. The Hall–Kier alpha value is -0.720. The summed E-state index contributed by atoms with van der Waals surface area (Å²) in [6.45, 7) is 5.63. The molecule has 15 heavy (non-hydrogen) atoms. The van der Waals surface area contributed by atoms with E-state index in [0.29, 0.717) is 5.13 Å². The predicted molar refractivity (Wildman–Crippen MR) is 63.3 cm³/mol. The lowest BCUT2D eigenvalue weighted by Crippen LogP contribution is -2.39. The topological polar surface area (TPSA) is 80.9 Å². The van der Waals surface area contributed by atoms with E-state index in [1.807, 2.05) is 20.8 Å². The molecule has 0 bridgehead atoms. The lowest BCUT2D eigenvalue weighted by molar-refractivity contribution is -0.118. The summed E-state index contributed by atoms with van der Waals surface area (Å²) >= 11 is 1.34. The van der Waals surface area contributed by atoms with E-state index >= 15 is 0 Å². The summed E-state index contributed by atoms with van der Waals surface area (Å²) in [5, 5.41) is 11.5. The zero-order valence-corrected chi connectivity index (χ0v) is 10.5. The molecule has 1 heterocycles. The number of hydrogen-bond donors (Lipinski definition) is 2. The second-order valence-electron chi connectivity index (χ2n) is 3.39. The summed E-state index contributed by atoms with van der Waals surface area (Å²) < 4.78 is 0. The Kier molecular flexibility index (Phi) is 5.71. The van der Waals surface area contributed by atoms with Crippen LogP contribution in [-0.2, 0) is 4.79 Å². The van der Waals surface area contributed by atoms with Crippen molar-refractivity contribution in [2.24, 2.45) is 11.7 Å². The van der Waals surface area contributed by atoms with Crippen molar-refractivity contribution in [1.29, 1.82) is 0 Å². The monoisotopic (exact) mass is 250 g/mol. The number of aromatic nitrogens is 2. The average molecular weight is 251 g/mol. The third-order valence-electron chi connectivity index (χ3n) is 1.78. The molecule has 1 aromatic heterocycles. The molecule has 0 saturated heterocycles. The third kappa shape index (κ3) is 4.11. The molecule has 7 heteroatoms. The number of carbonyl (C=O) groups excluding carboxylic acids is 1. The van der Waals surface area contributed by atoms with Crippen LogP contribution in [0.15, 0.2) is 0 Å². The molecule has 0 spiro atoms. The molecule has 1 rings (SSSR count). The van der Waals surface area contributed by atoms with Crippen LogP contribution in [-0.4, -0.2) is 22.1 Å². The number of nitrogens with one attached hydrogen (secondary N) is 1. The number of carbonyl (C=O) groups is 1. The van der Waals surface area contributed by atoms with Crippen LogP contribution >= 0.6 is 23.7 Å². The van der Waals surface area contributed by atoms with Crippen molar-refractivity contribution in [3.8, 4) is 0 Å². The molecular weight excluding hydrogens is 236 g/mol. The van der Waals surface area contributed by atoms with Gasteiger partial charge in [-0.05, 0) is 12.8 Å². The van der Waals surface area contributed by atoms with E-state index in [9.17, 15) is 4.79 Å². The summed E-state index contributed by atoms with van der Waals surface area (Å²) in [5.41, 5.74) is 5.66. The van der Waals surface area contributed by atoms with Crippen LogP contribution in [0.4, 0.5) is 5.13 Å². The van der Waals surface area contributed by atoms with E-state index in [4.69, 9.17) is 5.73 Å². The van der Waals surface area contributed by atoms with Crippen LogP contribution < -0.4 is 11.1 Å². The SMILES string of the molecule is Cc1nnc(NC(=O)[C@H](N)C(C)C)s1.Cl. The molecule has 0 saturated carbocycles. The number of halogens is 1. The minimum Gasteiger partial charge on any atom is -0.320 e. The maximum absolute atomic E-state index is 11.5. The van der Waals surface area contributed by atoms with Crippen molar-refractivity contribution in [2.45, 2.75) is 26.8 Å². The first-order valence-electron chi connectivity index (χ1n) is 4.37. The van der Waals surface area contributed by atoms with Gasteiger partial charge in [-0.15, -0.1) is 22.6 Å². The first-order valence-corrected chi connectivity index (χ1v) is 5.19. The number of amides is 1. The molecule has 0 aliphatic rings. The Morgan fingerprint density at radius 2 is 2.07 bits per heavy atom.